The van der Waals surface area contributed by atoms with Gasteiger partial charge in [0.1, 0.15) is 0 Å². The van der Waals surface area contributed by atoms with Gasteiger partial charge < -0.3 is 0 Å². The fraction of sp³-hybridized carbons (Fsp3) is 1.00. The smallest absolute Gasteiger partial charge is 0.0263 e. The topological polar surface area (TPSA) is 23.8 Å². The first-order valence-electron chi connectivity index (χ1n) is 4.05. The van der Waals surface area contributed by atoms with Crippen molar-refractivity contribution >= 4 is 0 Å². The SMILES string of the molecule is CC(C)CC([NH])C(C)(C)C. The standard InChI is InChI=1S/C9H20N/c1-7(2)6-8(10)9(3,4)5/h7-8,10H,6H2,1-5H3. The molecule has 1 heteroatoms. The Morgan fingerprint density at radius 2 is 1.60 bits per heavy atom. The third-order valence-electron chi connectivity index (χ3n) is 1.75. The zero-order chi connectivity index (χ0) is 8.36. The van der Waals surface area contributed by atoms with Gasteiger partial charge in [-0.15, -0.1) is 0 Å². The van der Waals surface area contributed by atoms with E-state index < -0.39 is 0 Å². The van der Waals surface area contributed by atoms with Gasteiger partial charge in [0, 0.05) is 6.04 Å². The molecule has 0 aromatic carbocycles. The quantitative estimate of drug-likeness (QED) is 0.566. The molecule has 0 aliphatic rings. The molecule has 0 aromatic heterocycles. The summed E-state index contributed by atoms with van der Waals surface area (Å²) in [6, 6.07) is 0.0903. The van der Waals surface area contributed by atoms with E-state index in [0.717, 1.165) is 6.42 Å². The summed E-state index contributed by atoms with van der Waals surface area (Å²) in [5.41, 5.74) is 7.91. The minimum atomic E-state index is 0.0903. The Balaban J connectivity index is 3.73. The van der Waals surface area contributed by atoms with Crippen LogP contribution in [0, 0.1) is 11.3 Å². The number of nitrogens with one attached hydrogen (secondary N) is 1. The summed E-state index contributed by atoms with van der Waals surface area (Å²) >= 11 is 0. The van der Waals surface area contributed by atoms with Crippen LogP contribution in [0.5, 0.6) is 0 Å². The van der Waals surface area contributed by atoms with E-state index in [2.05, 4.69) is 34.6 Å². The van der Waals surface area contributed by atoms with Crippen molar-refractivity contribution in [3.8, 4) is 0 Å². The van der Waals surface area contributed by atoms with E-state index in [0.29, 0.717) is 5.92 Å². The van der Waals surface area contributed by atoms with Gasteiger partial charge in [-0.25, -0.2) is 0 Å². The fourth-order valence-electron chi connectivity index (χ4n) is 0.825. The fourth-order valence-corrected chi connectivity index (χ4v) is 0.825. The Labute approximate surface area is 65.0 Å². The van der Waals surface area contributed by atoms with Gasteiger partial charge in [0.05, 0.1) is 0 Å². The molecule has 1 N–H and O–H groups in total. The lowest BCUT2D eigenvalue weighted by Gasteiger charge is -2.27. The van der Waals surface area contributed by atoms with E-state index in [4.69, 9.17) is 5.73 Å². The second kappa shape index (κ2) is 3.38. The summed E-state index contributed by atoms with van der Waals surface area (Å²) in [5.74, 6) is 0.654. The Kier molecular flexibility index (Phi) is 3.37. The van der Waals surface area contributed by atoms with Crippen LogP contribution in [-0.4, -0.2) is 6.04 Å². The van der Waals surface area contributed by atoms with Gasteiger partial charge in [-0.1, -0.05) is 34.6 Å². The summed E-state index contributed by atoms with van der Waals surface area (Å²) < 4.78 is 0. The van der Waals surface area contributed by atoms with E-state index in [1.165, 1.54) is 0 Å². The van der Waals surface area contributed by atoms with Gasteiger partial charge in [-0.05, 0) is 17.8 Å². The highest BCUT2D eigenvalue weighted by Gasteiger charge is 2.21. The molecule has 0 spiro atoms. The summed E-state index contributed by atoms with van der Waals surface area (Å²) in [7, 11) is 0. The van der Waals surface area contributed by atoms with Gasteiger partial charge in [-0.2, -0.15) is 0 Å². The first-order valence-corrected chi connectivity index (χ1v) is 4.05. The maximum atomic E-state index is 7.75. The Morgan fingerprint density at radius 3 is 1.70 bits per heavy atom. The molecule has 0 amide bonds. The van der Waals surface area contributed by atoms with Crippen LogP contribution < -0.4 is 5.73 Å². The summed E-state index contributed by atoms with van der Waals surface area (Å²) in [6.45, 7) is 10.7. The third-order valence-corrected chi connectivity index (χ3v) is 1.75. The second-order valence-corrected chi connectivity index (χ2v) is 4.55. The first kappa shape index (κ1) is 9.96. The Bertz CT molecular complexity index is 89.4. The van der Waals surface area contributed by atoms with Gasteiger partial charge in [0.25, 0.3) is 0 Å². The molecule has 1 nitrogen and oxygen atoms in total. The van der Waals surface area contributed by atoms with Crippen LogP contribution in [0.3, 0.4) is 0 Å². The molecule has 0 heterocycles. The van der Waals surface area contributed by atoms with Crippen molar-refractivity contribution in [3.05, 3.63) is 0 Å². The molecule has 61 valence electrons. The van der Waals surface area contributed by atoms with Crippen molar-refractivity contribution in [2.45, 2.75) is 47.1 Å². The first-order chi connectivity index (χ1) is 4.34. The lowest BCUT2D eigenvalue weighted by atomic mass is 9.83. The van der Waals surface area contributed by atoms with Gasteiger partial charge in [0.2, 0.25) is 0 Å². The van der Waals surface area contributed by atoms with Crippen LogP contribution >= 0.6 is 0 Å². The van der Waals surface area contributed by atoms with Crippen LogP contribution in [-0.2, 0) is 0 Å². The molecule has 0 bridgehead atoms. The molecule has 1 unspecified atom stereocenters. The van der Waals surface area contributed by atoms with Crippen LogP contribution in [0.2, 0.25) is 0 Å². The van der Waals surface area contributed by atoms with Crippen LogP contribution in [0.25, 0.3) is 0 Å². The molecule has 0 rings (SSSR count). The monoisotopic (exact) mass is 142 g/mol. The Hall–Kier alpha value is -0.0400. The third kappa shape index (κ3) is 3.89. The van der Waals surface area contributed by atoms with Crippen LogP contribution in [0.15, 0.2) is 0 Å². The molecule has 10 heavy (non-hydrogen) atoms. The van der Waals surface area contributed by atoms with Crippen molar-refractivity contribution in [2.24, 2.45) is 11.3 Å². The van der Waals surface area contributed by atoms with E-state index in [1.54, 1.807) is 0 Å². The zero-order valence-corrected chi connectivity index (χ0v) is 7.86. The molecule has 0 aromatic rings. The largest absolute Gasteiger partial charge is 0.254 e. The average Bonchev–Trinajstić information content (AvgIpc) is 1.60. The summed E-state index contributed by atoms with van der Waals surface area (Å²) in [4.78, 5) is 0. The number of rotatable bonds is 2. The molecular formula is C9H20N. The molecule has 0 aliphatic heterocycles. The highest BCUT2D eigenvalue weighted by atomic mass is 14.7. The Morgan fingerprint density at radius 1 is 1.20 bits per heavy atom. The molecule has 1 atom stereocenters. The highest BCUT2D eigenvalue weighted by molar-refractivity contribution is 4.76. The van der Waals surface area contributed by atoms with E-state index in [9.17, 15) is 0 Å². The molecule has 0 saturated heterocycles. The summed E-state index contributed by atoms with van der Waals surface area (Å²) in [5, 5.41) is 0. The molecule has 0 saturated carbocycles. The molecule has 0 aliphatic carbocycles. The van der Waals surface area contributed by atoms with Crippen LogP contribution in [0.4, 0.5) is 0 Å². The van der Waals surface area contributed by atoms with Crippen molar-refractivity contribution in [1.82, 2.24) is 5.73 Å². The van der Waals surface area contributed by atoms with Gasteiger partial charge in [0.15, 0.2) is 0 Å². The van der Waals surface area contributed by atoms with Crippen molar-refractivity contribution in [3.63, 3.8) is 0 Å². The zero-order valence-electron chi connectivity index (χ0n) is 7.86. The van der Waals surface area contributed by atoms with Crippen LogP contribution in [0.1, 0.15) is 41.0 Å². The predicted octanol–water partition coefficient (Wildman–Crippen LogP) is 2.73. The summed E-state index contributed by atoms with van der Waals surface area (Å²) in [6.07, 6.45) is 1.02. The molecule has 0 fully saturated rings. The van der Waals surface area contributed by atoms with Crippen molar-refractivity contribution < 1.29 is 0 Å². The van der Waals surface area contributed by atoms with Gasteiger partial charge in [-0.3, -0.25) is 5.73 Å². The average molecular weight is 142 g/mol. The molecular weight excluding hydrogens is 122 g/mol. The van der Waals surface area contributed by atoms with E-state index in [-0.39, 0.29) is 11.5 Å². The number of hydrogen-bond acceptors (Lipinski definition) is 0. The minimum Gasteiger partial charge on any atom is -0.254 e. The number of hydrogen-bond donors (Lipinski definition) is 0. The highest BCUT2D eigenvalue weighted by Crippen LogP contribution is 2.23. The molecule has 1 radical (unpaired) electrons. The lowest BCUT2D eigenvalue weighted by Crippen LogP contribution is -2.28. The van der Waals surface area contributed by atoms with E-state index >= 15 is 0 Å². The van der Waals surface area contributed by atoms with Crippen molar-refractivity contribution in [1.29, 1.82) is 0 Å². The normalized spacial score (nSPS) is 15.9. The maximum absolute atomic E-state index is 7.75. The lowest BCUT2D eigenvalue weighted by molar-refractivity contribution is 0.274. The second-order valence-electron chi connectivity index (χ2n) is 4.55. The minimum absolute atomic E-state index is 0.0903. The van der Waals surface area contributed by atoms with E-state index in [1.807, 2.05) is 0 Å². The van der Waals surface area contributed by atoms with Crippen molar-refractivity contribution in [2.75, 3.05) is 0 Å². The van der Waals surface area contributed by atoms with Gasteiger partial charge >= 0.3 is 0 Å². The maximum Gasteiger partial charge on any atom is 0.0263 e. The predicted molar refractivity (Wildman–Crippen MR) is 45.8 cm³/mol.